The first-order valence-electron chi connectivity index (χ1n) is 9.55. The molecule has 2 aliphatic rings. The van der Waals surface area contributed by atoms with Crippen LogP contribution in [0.1, 0.15) is 49.7 Å². The van der Waals surface area contributed by atoms with Crippen molar-refractivity contribution in [3.8, 4) is 5.69 Å². The summed E-state index contributed by atoms with van der Waals surface area (Å²) in [5.41, 5.74) is 3.49. The molecule has 0 spiro atoms. The second-order valence-corrected chi connectivity index (χ2v) is 8.48. The maximum Gasteiger partial charge on any atom is 0.233 e. The van der Waals surface area contributed by atoms with Crippen molar-refractivity contribution in [1.82, 2.24) is 19.7 Å². The van der Waals surface area contributed by atoms with Gasteiger partial charge < -0.3 is 4.90 Å². The van der Waals surface area contributed by atoms with E-state index in [9.17, 15) is 4.79 Å². The maximum atomic E-state index is 12.9. The zero-order valence-corrected chi connectivity index (χ0v) is 16.3. The summed E-state index contributed by atoms with van der Waals surface area (Å²) < 4.78 is 1.99. The van der Waals surface area contributed by atoms with Gasteiger partial charge >= 0.3 is 0 Å². The minimum atomic E-state index is 0.263. The molecule has 1 amide bonds. The molecule has 1 heterocycles. The summed E-state index contributed by atoms with van der Waals surface area (Å²) in [6.45, 7) is 4.18. The number of hydrogen-bond donors (Lipinski definition) is 0. The van der Waals surface area contributed by atoms with E-state index >= 15 is 0 Å². The van der Waals surface area contributed by atoms with Gasteiger partial charge in [-0.05, 0) is 51.2 Å². The summed E-state index contributed by atoms with van der Waals surface area (Å²) in [4.78, 5) is 15.1. The number of aromatic nitrogens is 3. The molecular formula is C20H26N4OS. The molecule has 1 aromatic carbocycles. The summed E-state index contributed by atoms with van der Waals surface area (Å²) in [5, 5.41) is 9.11. The van der Waals surface area contributed by atoms with Gasteiger partial charge in [0.1, 0.15) is 6.33 Å². The molecule has 0 aliphatic heterocycles. The minimum absolute atomic E-state index is 0.263. The van der Waals surface area contributed by atoms with Gasteiger partial charge in [-0.15, -0.1) is 10.2 Å². The Balaban J connectivity index is 1.46. The SMILES string of the molecule is Cc1ccc(-n2cnnc2SCC(=O)N(C2CCCC2)C2CC2)c(C)c1. The summed E-state index contributed by atoms with van der Waals surface area (Å²) in [6, 6.07) is 7.30. The van der Waals surface area contributed by atoms with Crippen molar-refractivity contribution >= 4 is 17.7 Å². The molecule has 0 saturated heterocycles. The second-order valence-electron chi connectivity index (χ2n) is 7.53. The Morgan fingerprint density at radius 1 is 1.19 bits per heavy atom. The monoisotopic (exact) mass is 370 g/mol. The van der Waals surface area contributed by atoms with Crippen LogP contribution in [0, 0.1) is 13.8 Å². The van der Waals surface area contributed by atoms with Crippen LogP contribution in [0.25, 0.3) is 5.69 Å². The summed E-state index contributed by atoms with van der Waals surface area (Å²) in [5.74, 6) is 0.705. The molecule has 2 aliphatic carbocycles. The van der Waals surface area contributed by atoms with Gasteiger partial charge in [-0.25, -0.2) is 0 Å². The third-order valence-electron chi connectivity index (χ3n) is 5.40. The number of benzene rings is 1. The Labute approximate surface area is 159 Å². The first-order chi connectivity index (χ1) is 12.6. The average Bonchev–Trinajstić information content (AvgIpc) is 3.09. The Kier molecular flexibility index (Phi) is 5.02. The van der Waals surface area contributed by atoms with E-state index in [-0.39, 0.29) is 5.91 Å². The molecule has 5 nitrogen and oxygen atoms in total. The molecule has 26 heavy (non-hydrogen) atoms. The molecule has 6 heteroatoms. The second kappa shape index (κ2) is 7.43. The molecule has 0 N–H and O–H groups in total. The van der Waals surface area contributed by atoms with Gasteiger partial charge in [0.05, 0.1) is 11.4 Å². The van der Waals surface area contributed by atoms with Crippen molar-refractivity contribution in [2.24, 2.45) is 0 Å². The standard InChI is InChI=1S/C20H26N4OS/c1-14-7-10-18(15(2)11-14)23-13-21-22-20(23)26-12-19(25)24(17-8-9-17)16-5-3-4-6-16/h7,10-11,13,16-17H,3-6,8-9,12H2,1-2H3. The lowest BCUT2D eigenvalue weighted by molar-refractivity contribution is -0.131. The fourth-order valence-corrected chi connectivity index (χ4v) is 4.80. The van der Waals surface area contributed by atoms with Gasteiger partial charge in [0.2, 0.25) is 5.91 Å². The largest absolute Gasteiger partial charge is 0.336 e. The van der Waals surface area contributed by atoms with E-state index < -0.39 is 0 Å². The zero-order chi connectivity index (χ0) is 18.1. The molecule has 0 atom stereocenters. The van der Waals surface area contributed by atoms with E-state index in [2.05, 4.69) is 47.1 Å². The van der Waals surface area contributed by atoms with Crippen molar-refractivity contribution in [1.29, 1.82) is 0 Å². The number of thioether (sulfide) groups is 1. The van der Waals surface area contributed by atoms with Gasteiger partial charge in [-0.1, -0.05) is 42.3 Å². The Hall–Kier alpha value is -1.82. The van der Waals surface area contributed by atoms with Crippen LogP contribution in [0.4, 0.5) is 0 Å². The highest BCUT2D eigenvalue weighted by atomic mass is 32.2. The van der Waals surface area contributed by atoms with Gasteiger partial charge in [-0.2, -0.15) is 0 Å². The van der Waals surface area contributed by atoms with Crippen molar-refractivity contribution in [2.45, 2.75) is 69.6 Å². The first kappa shape index (κ1) is 17.6. The highest BCUT2D eigenvalue weighted by Crippen LogP contribution is 2.35. The Morgan fingerprint density at radius 2 is 1.92 bits per heavy atom. The Bertz CT molecular complexity index is 793. The molecular weight excluding hydrogens is 344 g/mol. The number of hydrogen-bond acceptors (Lipinski definition) is 4. The molecule has 0 unspecified atom stereocenters. The van der Waals surface area contributed by atoms with Crippen molar-refractivity contribution in [3.05, 3.63) is 35.7 Å². The number of rotatable bonds is 6. The van der Waals surface area contributed by atoms with Crippen LogP contribution in [0.2, 0.25) is 0 Å². The van der Waals surface area contributed by atoms with Crippen LogP contribution in [-0.2, 0) is 4.79 Å². The summed E-state index contributed by atoms with van der Waals surface area (Å²) >= 11 is 1.50. The molecule has 0 radical (unpaired) electrons. The Morgan fingerprint density at radius 3 is 2.62 bits per heavy atom. The molecule has 2 fully saturated rings. The molecule has 2 saturated carbocycles. The van der Waals surface area contributed by atoms with Crippen LogP contribution < -0.4 is 0 Å². The lowest BCUT2D eigenvalue weighted by Gasteiger charge is -2.29. The van der Waals surface area contributed by atoms with Crippen LogP contribution in [0.3, 0.4) is 0 Å². The smallest absolute Gasteiger partial charge is 0.233 e. The number of nitrogens with zero attached hydrogens (tertiary/aromatic N) is 4. The number of amides is 1. The third-order valence-corrected chi connectivity index (χ3v) is 6.33. The predicted octanol–water partition coefficient (Wildman–Crippen LogP) is 3.91. The lowest BCUT2D eigenvalue weighted by atomic mass is 10.1. The van der Waals surface area contributed by atoms with Crippen LogP contribution >= 0.6 is 11.8 Å². The number of carbonyl (C=O) groups is 1. The fourth-order valence-electron chi connectivity index (χ4n) is 4.01. The number of carbonyl (C=O) groups excluding carboxylic acids is 1. The zero-order valence-electron chi connectivity index (χ0n) is 15.5. The van der Waals surface area contributed by atoms with Crippen LogP contribution in [0.15, 0.2) is 29.7 Å². The van der Waals surface area contributed by atoms with Gasteiger partial charge in [0.25, 0.3) is 0 Å². The van der Waals surface area contributed by atoms with Crippen LogP contribution in [0.5, 0.6) is 0 Å². The first-order valence-corrected chi connectivity index (χ1v) is 10.5. The highest BCUT2D eigenvalue weighted by Gasteiger charge is 2.38. The third kappa shape index (κ3) is 3.65. The van der Waals surface area contributed by atoms with Gasteiger partial charge in [0, 0.05) is 12.1 Å². The van der Waals surface area contributed by atoms with E-state index in [1.54, 1.807) is 6.33 Å². The highest BCUT2D eigenvalue weighted by molar-refractivity contribution is 7.99. The quantitative estimate of drug-likeness (QED) is 0.724. The van der Waals surface area contributed by atoms with Crippen molar-refractivity contribution in [2.75, 3.05) is 5.75 Å². The summed E-state index contributed by atoms with van der Waals surface area (Å²) in [6.07, 6.45) is 8.94. The fraction of sp³-hybridized carbons (Fsp3) is 0.550. The van der Waals surface area contributed by atoms with Crippen LogP contribution in [-0.4, -0.2) is 43.4 Å². The normalized spacial score (nSPS) is 17.6. The lowest BCUT2D eigenvalue weighted by Crippen LogP contribution is -2.41. The summed E-state index contributed by atoms with van der Waals surface area (Å²) in [7, 11) is 0. The molecule has 4 rings (SSSR count). The van der Waals surface area contributed by atoms with Gasteiger partial charge in [-0.3, -0.25) is 9.36 Å². The van der Waals surface area contributed by atoms with E-state index in [4.69, 9.17) is 0 Å². The van der Waals surface area contributed by atoms with E-state index in [1.807, 2.05) is 4.57 Å². The van der Waals surface area contributed by atoms with E-state index in [0.717, 1.165) is 10.8 Å². The maximum absolute atomic E-state index is 12.9. The van der Waals surface area contributed by atoms with Gasteiger partial charge in [0.15, 0.2) is 5.16 Å². The number of aryl methyl sites for hydroxylation is 2. The average molecular weight is 371 g/mol. The van der Waals surface area contributed by atoms with E-state index in [0.29, 0.717) is 17.8 Å². The molecule has 1 aromatic heterocycles. The predicted molar refractivity (Wildman–Crippen MR) is 104 cm³/mol. The topological polar surface area (TPSA) is 51.0 Å². The van der Waals surface area contributed by atoms with Crippen molar-refractivity contribution < 1.29 is 4.79 Å². The molecule has 138 valence electrons. The van der Waals surface area contributed by atoms with E-state index in [1.165, 1.54) is 61.4 Å². The molecule has 2 aromatic rings. The van der Waals surface area contributed by atoms with Crippen molar-refractivity contribution in [3.63, 3.8) is 0 Å². The molecule has 0 bridgehead atoms. The minimum Gasteiger partial charge on any atom is -0.336 e.